The minimum atomic E-state index is -0.805. The Morgan fingerprint density at radius 3 is 0.840 bits per heavy atom. The lowest BCUT2D eigenvalue weighted by atomic mass is 10.1. The number of ether oxygens (including phenoxy) is 3. The number of hydrogen-bond acceptors (Lipinski definition) is 6. The van der Waals surface area contributed by atoms with Crippen molar-refractivity contribution in [2.24, 2.45) is 0 Å². The number of rotatable bonds is 56. The number of esters is 3. The molecule has 428 valence electrons. The summed E-state index contributed by atoms with van der Waals surface area (Å²) in [6, 6.07) is 0. The topological polar surface area (TPSA) is 78.9 Å². The van der Waals surface area contributed by atoms with Crippen molar-refractivity contribution in [2.45, 2.75) is 297 Å². The lowest BCUT2D eigenvalue weighted by molar-refractivity contribution is -0.167. The summed E-state index contributed by atoms with van der Waals surface area (Å²) in [6.07, 6.45) is 85.1. The summed E-state index contributed by atoms with van der Waals surface area (Å²) in [5.74, 6) is -0.941. The summed E-state index contributed by atoms with van der Waals surface area (Å²) < 4.78 is 16.9. The van der Waals surface area contributed by atoms with E-state index >= 15 is 0 Å². The van der Waals surface area contributed by atoms with Gasteiger partial charge < -0.3 is 14.2 Å². The quantitative estimate of drug-likeness (QED) is 0.0261. The Morgan fingerprint density at radius 1 is 0.280 bits per heavy atom. The molecule has 0 rings (SSSR count). The maximum absolute atomic E-state index is 12.9. The second-order valence-electron chi connectivity index (χ2n) is 20.6. The van der Waals surface area contributed by atoms with Crippen molar-refractivity contribution >= 4 is 17.9 Å². The predicted molar refractivity (Wildman–Crippen MR) is 325 cm³/mol. The number of allylic oxidation sites excluding steroid dienone is 18. The molecule has 0 aromatic heterocycles. The van der Waals surface area contributed by atoms with Crippen molar-refractivity contribution in [1.82, 2.24) is 0 Å². The van der Waals surface area contributed by atoms with E-state index in [1.54, 1.807) is 0 Å². The lowest BCUT2D eigenvalue weighted by Gasteiger charge is -2.18. The van der Waals surface area contributed by atoms with Gasteiger partial charge in [-0.3, -0.25) is 14.4 Å². The van der Waals surface area contributed by atoms with E-state index in [1.165, 1.54) is 128 Å². The molecule has 0 aromatic carbocycles. The van der Waals surface area contributed by atoms with Crippen LogP contribution in [0.4, 0.5) is 0 Å². The fraction of sp³-hybridized carbons (Fsp3) is 0.696. The van der Waals surface area contributed by atoms with Crippen LogP contribution in [0.15, 0.2) is 109 Å². The van der Waals surface area contributed by atoms with Crippen molar-refractivity contribution in [2.75, 3.05) is 13.2 Å². The van der Waals surface area contributed by atoms with Crippen LogP contribution >= 0.6 is 0 Å². The standard InChI is InChI=1S/C69H116O6/c1-4-7-10-13-16-19-22-25-28-30-32-33-34-35-37-38-41-44-47-50-53-56-59-62-68(71)74-65-66(64-73-67(70)61-58-55-52-49-46-43-40-27-24-21-18-15-12-9-6-3)75-69(72)63-60-57-54-51-48-45-42-39-36-31-29-26-23-20-17-14-11-8-5-2/h8,11,17,20,22,25-27,29-30,32,34-36,39-40,45,48,66H,4-7,9-10,12-16,18-19,21,23-24,28,31,33,37-38,41-44,46-47,49-65H2,1-3H3/b11-8-,20-17-,25-22-,29-26-,32-30-,35-34-,39-36-,40-27-,48-45-. The van der Waals surface area contributed by atoms with Crippen LogP contribution in [0.3, 0.4) is 0 Å². The zero-order valence-electron chi connectivity index (χ0n) is 49.0. The fourth-order valence-electron chi connectivity index (χ4n) is 8.53. The molecule has 6 heteroatoms. The summed E-state index contributed by atoms with van der Waals surface area (Å²) in [4.78, 5) is 38.3. The molecule has 0 aliphatic rings. The molecule has 1 atom stereocenters. The van der Waals surface area contributed by atoms with E-state index in [2.05, 4.69) is 130 Å². The maximum atomic E-state index is 12.9. The van der Waals surface area contributed by atoms with E-state index in [0.29, 0.717) is 12.8 Å². The Morgan fingerprint density at radius 2 is 0.520 bits per heavy atom. The molecular formula is C69H116O6. The van der Waals surface area contributed by atoms with Crippen LogP contribution in [0.1, 0.15) is 290 Å². The number of carbonyl (C=O) groups excluding carboxylic acids is 3. The van der Waals surface area contributed by atoms with Gasteiger partial charge in [0.2, 0.25) is 0 Å². The second-order valence-corrected chi connectivity index (χ2v) is 20.6. The highest BCUT2D eigenvalue weighted by atomic mass is 16.6. The molecule has 6 nitrogen and oxygen atoms in total. The molecule has 0 fully saturated rings. The zero-order chi connectivity index (χ0) is 54.3. The van der Waals surface area contributed by atoms with Crippen LogP contribution in [-0.2, 0) is 28.6 Å². The Hall–Kier alpha value is -3.93. The minimum Gasteiger partial charge on any atom is -0.462 e. The van der Waals surface area contributed by atoms with Crippen molar-refractivity contribution in [1.29, 1.82) is 0 Å². The summed E-state index contributed by atoms with van der Waals surface area (Å²) in [5.41, 5.74) is 0. The smallest absolute Gasteiger partial charge is 0.306 e. The number of hydrogen-bond donors (Lipinski definition) is 0. The van der Waals surface area contributed by atoms with E-state index in [0.717, 1.165) is 122 Å². The summed E-state index contributed by atoms with van der Waals surface area (Å²) in [5, 5.41) is 0. The molecule has 0 spiro atoms. The first-order chi connectivity index (χ1) is 37.0. The van der Waals surface area contributed by atoms with E-state index in [4.69, 9.17) is 14.2 Å². The normalized spacial score (nSPS) is 12.8. The van der Waals surface area contributed by atoms with Gasteiger partial charge in [-0.25, -0.2) is 0 Å². The first-order valence-corrected chi connectivity index (χ1v) is 31.4. The fourth-order valence-corrected chi connectivity index (χ4v) is 8.53. The van der Waals surface area contributed by atoms with Crippen LogP contribution in [0, 0.1) is 0 Å². The highest BCUT2D eigenvalue weighted by Gasteiger charge is 2.19. The number of carbonyl (C=O) groups is 3. The summed E-state index contributed by atoms with van der Waals surface area (Å²) in [7, 11) is 0. The first-order valence-electron chi connectivity index (χ1n) is 31.4. The molecule has 0 amide bonds. The van der Waals surface area contributed by atoms with Crippen LogP contribution in [0.2, 0.25) is 0 Å². The van der Waals surface area contributed by atoms with Crippen LogP contribution in [0.5, 0.6) is 0 Å². The van der Waals surface area contributed by atoms with Crippen LogP contribution in [0.25, 0.3) is 0 Å². The second kappa shape index (κ2) is 62.6. The molecule has 0 radical (unpaired) electrons. The van der Waals surface area contributed by atoms with Gasteiger partial charge in [-0.05, 0) is 128 Å². The molecule has 1 unspecified atom stereocenters. The average Bonchev–Trinajstić information content (AvgIpc) is 3.41. The summed E-state index contributed by atoms with van der Waals surface area (Å²) in [6.45, 7) is 6.48. The minimum absolute atomic E-state index is 0.0990. The van der Waals surface area contributed by atoms with Gasteiger partial charge in [-0.2, -0.15) is 0 Å². The Bertz CT molecular complexity index is 1520. The van der Waals surface area contributed by atoms with Gasteiger partial charge in [-0.1, -0.05) is 252 Å². The molecule has 0 aliphatic heterocycles. The Labute approximate surface area is 463 Å². The third kappa shape index (κ3) is 60.8. The highest BCUT2D eigenvalue weighted by Crippen LogP contribution is 2.15. The van der Waals surface area contributed by atoms with Gasteiger partial charge in [0.15, 0.2) is 6.10 Å². The highest BCUT2D eigenvalue weighted by molar-refractivity contribution is 5.71. The van der Waals surface area contributed by atoms with Gasteiger partial charge in [0, 0.05) is 19.3 Å². The van der Waals surface area contributed by atoms with Gasteiger partial charge >= 0.3 is 17.9 Å². The largest absolute Gasteiger partial charge is 0.462 e. The SMILES string of the molecule is CC/C=C\C/C=C\C/C=C\C/C=C\C/C=C\CCCCCC(=O)OC(COC(=O)CCCCCCC/C=C\CCCCCCCC)COC(=O)CCCCCCCCCC/C=C\C/C=C\C/C=C\CCCCCCC. The molecule has 0 aliphatic carbocycles. The van der Waals surface area contributed by atoms with Crippen molar-refractivity contribution in [3.63, 3.8) is 0 Å². The lowest BCUT2D eigenvalue weighted by Crippen LogP contribution is -2.30. The van der Waals surface area contributed by atoms with E-state index in [9.17, 15) is 14.4 Å². The zero-order valence-corrected chi connectivity index (χ0v) is 49.0. The van der Waals surface area contributed by atoms with Gasteiger partial charge in [0.05, 0.1) is 0 Å². The van der Waals surface area contributed by atoms with Gasteiger partial charge in [0.1, 0.15) is 13.2 Å². The van der Waals surface area contributed by atoms with Crippen molar-refractivity contribution < 1.29 is 28.6 Å². The molecule has 0 aromatic rings. The molecular weight excluding hydrogens is 925 g/mol. The number of unbranched alkanes of at least 4 members (excludes halogenated alkanes) is 27. The molecule has 0 bridgehead atoms. The van der Waals surface area contributed by atoms with Crippen LogP contribution < -0.4 is 0 Å². The molecule has 0 N–H and O–H groups in total. The van der Waals surface area contributed by atoms with E-state index in [1.807, 2.05) is 0 Å². The Balaban J connectivity index is 4.45. The maximum Gasteiger partial charge on any atom is 0.306 e. The molecule has 0 saturated heterocycles. The first kappa shape index (κ1) is 71.1. The average molecular weight is 1040 g/mol. The molecule has 75 heavy (non-hydrogen) atoms. The predicted octanol–water partition coefficient (Wildman–Crippen LogP) is 21.4. The third-order valence-corrected chi connectivity index (χ3v) is 13.2. The van der Waals surface area contributed by atoms with Crippen molar-refractivity contribution in [3.05, 3.63) is 109 Å². The molecule has 0 heterocycles. The van der Waals surface area contributed by atoms with E-state index in [-0.39, 0.29) is 37.5 Å². The molecule has 0 saturated carbocycles. The third-order valence-electron chi connectivity index (χ3n) is 13.2. The monoisotopic (exact) mass is 1040 g/mol. The van der Waals surface area contributed by atoms with Crippen molar-refractivity contribution in [3.8, 4) is 0 Å². The van der Waals surface area contributed by atoms with Gasteiger partial charge in [0.25, 0.3) is 0 Å². The van der Waals surface area contributed by atoms with Crippen LogP contribution in [-0.4, -0.2) is 37.2 Å². The summed E-state index contributed by atoms with van der Waals surface area (Å²) >= 11 is 0. The van der Waals surface area contributed by atoms with Gasteiger partial charge in [-0.15, -0.1) is 0 Å². The van der Waals surface area contributed by atoms with E-state index < -0.39 is 6.10 Å². The Kier molecular flexibility index (Phi) is 59.3.